The van der Waals surface area contributed by atoms with Gasteiger partial charge in [0.15, 0.2) is 6.23 Å². The van der Waals surface area contributed by atoms with E-state index in [4.69, 9.17) is 4.74 Å². The van der Waals surface area contributed by atoms with Gasteiger partial charge in [0.05, 0.1) is 12.3 Å². The smallest absolute Gasteiger partial charge is 0.189 e. The van der Waals surface area contributed by atoms with Gasteiger partial charge >= 0.3 is 0 Å². The molecule has 0 radical (unpaired) electrons. The first-order valence-corrected chi connectivity index (χ1v) is 5.43. The van der Waals surface area contributed by atoms with E-state index in [1.165, 1.54) is 5.39 Å². The fourth-order valence-corrected chi connectivity index (χ4v) is 2.32. The summed E-state index contributed by atoms with van der Waals surface area (Å²) in [7, 11) is 2.76. The van der Waals surface area contributed by atoms with E-state index in [9.17, 15) is 0 Å². The topological polar surface area (TPSA) is 37.4 Å². The number of H-pyrrole nitrogens is 1. The van der Waals surface area contributed by atoms with E-state index in [1.54, 1.807) is 6.21 Å². The van der Waals surface area contributed by atoms with Crippen molar-refractivity contribution in [3.05, 3.63) is 30.0 Å². The number of nitrogens with zero attached hydrogens (tertiary/aromatic N) is 1. The van der Waals surface area contributed by atoms with E-state index in [2.05, 4.69) is 31.3 Å². The number of aromatic nitrogens is 1. The van der Waals surface area contributed by atoms with Gasteiger partial charge in [-0.3, -0.25) is 4.99 Å². The second-order valence-electron chi connectivity index (χ2n) is 3.52. The zero-order valence-corrected chi connectivity index (χ0v) is 9.26. The summed E-state index contributed by atoms with van der Waals surface area (Å²) in [6, 6.07) is 8.21. The number of fused-ring (bicyclic) bond motifs is 1. The second kappa shape index (κ2) is 3.44. The van der Waals surface area contributed by atoms with Crippen molar-refractivity contribution >= 4 is 31.7 Å². The third-order valence-electron chi connectivity index (χ3n) is 2.59. The van der Waals surface area contributed by atoms with Crippen molar-refractivity contribution in [1.82, 2.24) is 4.98 Å². The van der Waals surface area contributed by atoms with Gasteiger partial charge in [0.1, 0.15) is 0 Å². The van der Waals surface area contributed by atoms with Crippen molar-refractivity contribution in [1.29, 1.82) is 0 Å². The first kappa shape index (κ1) is 9.08. The summed E-state index contributed by atoms with van der Waals surface area (Å²) < 4.78 is 5.48. The minimum absolute atomic E-state index is 0.162. The zero-order chi connectivity index (χ0) is 10.3. The predicted molar refractivity (Wildman–Crippen MR) is 64.8 cm³/mol. The predicted octanol–water partition coefficient (Wildman–Crippen LogP) is 1.77. The highest BCUT2D eigenvalue weighted by molar-refractivity contribution is 7.28. The minimum atomic E-state index is -0.162. The molecule has 4 heteroatoms. The van der Waals surface area contributed by atoms with Crippen LogP contribution in [0.3, 0.4) is 0 Å². The second-order valence-corrected chi connectivity index (χ2v) is 4.09. The van der Waals surface area contributed by atoms with E-state index in [0.717, 1.165) is 16.5 Å². The Balaban J connectivity index is 2.18. The van der Waals surface area contributed by atoms with E-state index in [-0.39, 0.29) is 6.23 Å². The standard InChI is InChI=1S/C11H11N2OP/c15-10-7-3-1-2-4-8(7)13-9(10)11-12-5-6-14-11/h1-5,11,13H,6,15H2. The summed E-state index contributed by atoms with van der Waals surface area (Å²) in [5, 5.41) is 2.36. The van der Waals surface area contributed by atoms with Gasteiger partial charge in [0, 0.05) is 22.4 Å². The lowest BCUT2D eigenvalue weighted by atomic mass is 10.2. The Bertz CT molecular complexity index is 532. The Morgan fingerprint density at radius 2 is 2.27 bits per heavy atom. The number of aliphatic imine (C=N–C) groups is 1. The van der Waals surface area contributed by atoms with Crippen molar-refractivity contribution < 1.29 is 4.74 Å². The summed E-state index contributed by atoms with van der Waals surface area (Å²) in [5.74, 6) is 0. The summed E-state index contributed by atoms with van der Waals surface area (Å²) in [6.45, 7) is 0.601. The molecule has 2 atom stereocenters. The number of para-hydroxylation sites is 1. The monoisotopic (exact) mass is 218 g/mol. The van der Waals surface area contributed by atoms with Crippen LogP contribution in [0.25, 0.3) is 10.9 Å². The van der Waals surface area contributed by atoms with E-state index in [0.29, 0.717) is 6.61 Å². The normalized spacial score (nSPS) is 20.2. The number of rotatable bonds is 1. The molecule has 2 unspecified atom stereocenters. The highest BCUT2D eigenvalue weighted by Gasteiger charge is 2.19. The van der Waals surface area contributed by atoms with Crippen LogP contribution in [0.15, 0.2) is 29.3 Å². The van der Waals surface area contributed by atoms with Crippen LogP contribution in [0.1, 0.15) is 11.9 Å². The third-order valence-corrected chi connectivity index (χ3v) is 3.22. The molecule has 0 amide bonds. The number of hydrogen-bond acceptors (Lipinski definition) is 2. The van der Waals surface area contributed by atoms with Crippen molar-refractivity contribution in [3.63, 3.8) is 0 Å². The van der Waals surface area contributed by atoms with Crippen LogP contribution in [0, 0.1) is 0 Å². The minimum Gasteiger partial charge on any atom is -0.354 e. The van der Waals surface area contributed by atoms with Crippen molar-refractivity contribution in [3.8, 4) is 0 Å². The van der Waals surface area contributed by atoms with Crippen LogP contribution in [-0.2, 0) is 4.74 Å². The van der Waals surface area contributed by atoms with Gasteiger partial charge in [-0.05, 0) is 6.07 Å². The molecule has 15 heavy (non-hydrogen) atoms. The fraction of sp³-hybridized carbons (Fsp3) is 0.182. The molecular weight excluding hydrogens is 207 g/mol. The third kappa shape index (κ3) is 1.39. The molecule has 3 nitrogen and oxygen atoms in total. The maximum absolute atomic E-state index is 5.48. The Labute approximate surface area is 89.7 Å². The molecule has 0 saturated carbocycles. The molecule has 1 aromatic carbocycles. The number of nitrogens with one attached hydrogen (secondary N) is 1. The maximum atomic E-state index is 5.48. The molecule has 1 N–H and O–H groups in total. The lowest BCUT2D eigenvalue weighted by Gasteiger charge is -2.05. The van der Waals surface area contributed by atoms with Gasteiger partial charge in [-0.2, -0.15) is 0 Å². The highest BCUT2D eigenvalue weighted by atomic mass is 31.0. The molecule has 76 valence electrons. The lowest BCUT2D eigenvalue weighted by Crippen LogP contribution is -2.05. The van der Waals surface area contributed by atoms with Crippen LogP contribution in [0.5, 0.6) is 0 Å². The lowest BCUT2D eigenvalue weighted by molar-refractivity contribution is 0.109. The molecule has 2 heterocycles. The molecule has 0 saturated heterocycles. The van der Waals surface area contributed by atoms with Crippen molar-refractivity contribution in [2.75, 3.05) is 6.61 Å². The van der Waals surface area contributed by atoms with Crippen molar-refractivity contribution in [2.24, 2.45) is 4.99 Å². The van der Waals surface area contributed by atoms with Gasteiger partial charge < -0.3 is 9.72 Å². The molecule has 2 aromatic rings. The Morgan fingerprint density at radius 3 is 3.00 bits per heavy atom. The summed E-state index contributed by atoms with van der Waals surface area (Å²) in [6.07, 6.45) is 1.64. The quantitative estimate of drug-likeness (QED) is 0.728. The van der Waals surface area contributed by atoms with Crippen LogP contribution in [-0.4, -0.2) is 17.8 Å². The average molecular weight is 218 g/mol. The van der Waals surface area contributed by atoms with Gasteiger partial charge in [-0.1, -0.05) is 18.2 Å². The van der Waals surface area contributed by atoms with Crippen LogP contribution in [0.2, 0.25) is 0 Å². The van der Waals surface area contributed by atoms with Crippen LogP contribution >= 0.6 is 9.24 Å². The number of aromatic amines is 1. The van der Waals surface area contributed by atoms with Crippen molar-refractivity contribution in [2.45, 2.75) is 6.23 Å². The van der Waals surface area contributed by atoms with Gasteiger partial charge in [-0.25, -0.2) is 0 Å². The number of benzene rings is 1. The first-order chi connectivity index (χ1) is 7.36. The molecule has 0 spiro atoms. The average Bonchev–Trinajstić information content (AvgIpc) is 2.87. The Kier molecular flexibility index (Phi) is 2.08. The summed E-state index contributed by atoms with van der Waals surface area (Å²) in [4.78, 5) is 7.62. The van der Waals surface area contributed by atoms with Gasteiger partial charge in [0.25, 0.3) is 0 Å². The molecule has 0 bridgehead atoms. The van der Waals surface area contributed by atoms with Crippen LogP contribution < -0.4 is 5.30 Å². The summed E-state index contributed by atoms with van der Waals surface area (Å²) in [5.41, 5.74) is 2.16. The van der Waals surface area contributed by atoms with Crippen LogP contribution in [0.4, 0.5) is 0 Å². The fourth-order valence-electron chi connectivity index (χ4n) is 1.85. The van der Waals surface area contributed by atoms with Gasteiger partial charge in [0.2, 0.25) is 0 Å². The highest BCUT2D eigenvalue weighted by Crippen LogP contribution is 2.24. The number of ether oxygens (including phenoxy) is 1. The Morgan fingerprint density at radius 1 is 1.40 bits per heavy atom. The molecule has 1 aromatic heterocycles. The number of hydrogen-bond donors (Lipinski definition) is 1. The zero-order valence-electron chi connectivity index (χ0n) is 8.10. The largest absolute Gasteiger partial charge is 0.354 e. The maximum Gasteiger partial charge on any atom is 0.189 e. The SMILES string of the molecule is Pc1c(C2N=CCO2)[nH]c2ccccc12. The Hall–Kier alpha value is -1.18. The van der Waals surface area contributed by atoms with E-state index in [1.807, 2.05) is 12.1 Å². The van der Waals surface area contributed by atoms with Gasteiger partial charge in [-0.15, -0.1) is 9.24 Å². The molecule has 1 aliphatic heterocycles. The van der Waals surface area contributed by atoms with E-state index >= 15 is 0 Å². The van der Waals surface area contributed by atoms with E-state index < -0.39 is 0 Å². The summed E-state index contributed by atoms with van der Waals surface area (Å²) >= 11 is 0. The molecular formula is C11H11N2OP. The molecule has 0 aliphatic carbocycles. The molecule has 0 fully saturated rings. The molecule has 1 aliphatic rings. The molecule has 3 rings (SSSR count). The first-order valence-electron chi connectivity index (χ1n) is 4.85.